The van der Waals surface area contributed by atoms with Crippen molar-refractivity contribution in [2.24, 2.45) is 28.7 Å². The van der Waals surface area contributed by atoms with E-state index >= 15 is 0 Å². The summed E-state index contributed by atoms with van der Waals surface area (Å²) < 4.78 is 0. The largest absolute Gasteiger partial charge is 0.294 e. The van der Waals surface area contributed by atoms with Crippen LogP contribution in [0.2, 0.25) is 0 Å². The Balaban J connectivity index is 1.84. The number of rotatable bonds is 3. The average molecular weight is 193 g/mol. The van der Waals surface area contributed by atoms with Crippen molar-refractivity contribution < 1.29 is 0 Å². The van der Waals surface area contributed by atoms with Crippen molar-refractivity contribution >= 4 is 5.71 Å². The van der Waals surface area contributed by atoms with Crippen LogP contribution in [0, 0.1) is 23.7 Å². The summed E-state index contributed by atoms with van der Waals surface area (Å²) in [6.45, 7) is 7.77. The van der Waals surface area contributed by atoms with Gasteiger partial charge in [-0.2, -0.15) is 0 Å². The van der Waals surface area contributed by atoms with E-state index in [2.05, 4.69) is 20.8 Å². The first-order valence-corrected chi connectivity index (χ1v) is 6.17. The predicted molar refractivity (Wildman–Crippen MR) is 61.8 cm³/mol. The van der Waals surface area contributed by atoms with E-state index in [4.69, 9.17) is 4.99 Å². The lowest BCUT2D eigenvalue weighted by atomic mass is 9.89. The van der Waals surface area contributed by atoms with Gasteiger partial charge >= 0.3 is 0 Å². The van der Waals surface area contributed by atoms with E-state index in [0.717, 1.165) is 24.3 Å². The molecule has 0 aromatic rings. The van der Waals surface area contributed by atoms with Crippen molar-refractivity contribution in [3.8, 4) is 0 Å². The van der Waals surface area contributed by atoms with E-state index in [1.165, 1.54) is 31.4 Å². The van der Waals surface area contributed by atoms with E-state index in [9.17, 15) is 0 Å². The Labute approximate surface area is 88.0 Å². The highest BCUT2D eigenvalue weighted by Crippen LogP contribution is 2.48. The molecule has 2 fully saturated rings. The molecule has 0 spiro atoms. The second-order valence-electron chi connectivity index (χ2n) is 5.57. The topological polar surface area (TPSA) is 12.4 Å². The smallest absolute Gasteiger partial charge is 0.0419 e. The molecule has 0 aliphatic heterocycles. The van der Waals surface area contributed by atoms with Gasteiger partial charge in [-0.3, -0.25) is 4.99 Å². The van der Waals surface area contributed by atoms with Crippen LogP contribution in [0.15, 0.2) is 4.99 Å². The second kappa shape index (κ2) is 4.04. The fourth-order valence-corrected chi connectivity index (χ4v) is 3.04. The van der Waals surface area contributed by atoms with E-state index in [1.807, 2.05) is 0 Å². The van der Waals surface area contributed by atoms with Crippen molar-refractivity contribution in [1.82, 2.24) is 0 Å². The minimum Gasteiger partial charge on any atom is -0.294 e. The molecule has 0 saturated heterocycles. The van der Waals surface area contributed by atoms with Crippen molar-refractivity contribution in [2.45, 2.75) is 46.5 Å². The average Bonchev–Trinajstić information content (AvgIpc) is 2.74. The Morgan fingerprint density at radius 1 is 1.29 bits per heavy atom. The van der Waals surface area contributed by atoms with Crippen LogP contribution in [0.25, 0.3) is 0 Å². The maximum Gasteiger partial charge on any atom is 0.0419 e. The van der Waals surface area contributed by atoms with Gasteiger partial charge in [0.2, 0.25) is 0 Å². The third-order valence-corrected chi connectivity index (χ3v) is 4.30. The van der Waals surface area contributed by atoms with Gasteiger partial charge in [-0.25, -0.2) is 0 Å². The van der Waals surface area contributed by atoms with Crippen LogP contribution in [-0.2, 0) is 0 Å². The van der Waals surface area contributed by atoms with Crippen LogP contribution in [-0.4, -0.2) is 12.3 Å². The molecule has 3 unspecified atom stereocenters. The predicted octanol–water partition coefficient (Wildman–Crippen LogP) is 3.54. The number of aliphatic imine (C=N–C) groups is 1. The maximum absolute atomic E-state index is 4.74. The third kappa shape index (κ3) is 2.02. The SMILES string of the molecule is C/C(=N\CC1CC2CCC1C2)C(C)C. The fraction of sp³-hybridized carbons (Fsp3) is 0.923. The molecule has 0 aromatic heterocycles. The molecule has 2 rings (SSSR count). The molecular formula is C13H23N. The van der Waals surface area contributed by atoms with Crippen LogP contribution in [0.3, 0.4) is 0 Å². The Morgan fingerprint density at radius 3 is 2.57 bits per heavy atom. The minimum absolute atomic E-state index is 0.633. The highest BCUT2D eigenvalue weighted by atomic mass is 14.8. The van der Waals surface area contributed by atoms with Crippen LogP contribution in [0.4, 0.5) is 0 Å². The molecule has 2 bridgehead atoms. The molecule has 0 amide bonds. The number of nitrogens with zero attached hydrogens (tertiary/aromatic N) is 1. The fourth-order valence-electron chi connectivity index (χ4n) is 3.04. The first-order valence-electron chi connectivity index (χ1n) is 6.17. The van der Waals surface area contributed by atoms with Crippen LogP contribution in [0.1, 0.15) is 46.5 Å². The Bertz CT molecular complexity index is 229. The van der Waals surface area contributed by atoms with Gasteiger partial charge in [0.15, 0.2) is 0 Å². The molecule has 80 valence electrons. The zero-order valence-corrected chi connectivity index (χ0v) is 9.79. The standard InChI is InChI=1S/C13H23N/c1-9(2)10(3)14-8-13-7-11-4-5-12(13)6-11/h9,11-13H,4-8H2,1-3H3/b14-10+. The number of hydrogen-bond acceptors (Lipinski definition) is 1. The Kier molecular flexibility index (Phi) is 2.94. The number of fused-ring (bicyclic) bond motifs is 2. The van der Waals surface area contributed by atoms with Gasteiger partial charge in [0.1, 0.15) is 0 Å². The molecule has 2 aliphatic rings. The van der Waals surface area contributed by atoms with Gasteiger partial charge in [-0.05, 0) is 49.9 Å². The maximum atomic E-state index is 4.74. The second-order valence-corrected chi connectivity index (χ2v) is 5.57. The summed E-state index contributed by atoms with van der Waals surface area (Å²) in [6.07, 6.45) is 5.99. The lowest BCUT2D eigenvalue weighted by Crippen LogP contribution is -2.15. The van der Waals surface area contributed by atoms with Crippen LogP contribution < -0.4 is 0 Å². The van der Waals surface area contributed by atoms with E-state index in [0.29, 0.717) is 5.92 Å². The zero-order valence-electron chi connectivity index (χ0n) is 9.79. The molecule has 1 nitrogen and oxygen atoms in total. The summed E-state index contributed by atoms with van der Waals surface area (Å²) in [7, 11) is 0. The number of hydrogen-bond donors (Lipinski definition) is 0. The molecule has 0 radical (unpaired) electrons. The van der Waals surface area contributed by atoms with Gasteiger partial charge in [-0.1, -0.05) is 20.3 Å². The van der Waals surface area contributed by atoms with E-state index < -0.39 is 0 Å². The molecule has 2 aliphatic carbocycles. The molecule has 0 heterocycles. The van der Waals surface area contributed by atoms with E-state index in [-0.39, 0.29) is 0 Å². The van der Waals surface area contributed by atoms with Gasteiger partial charge in [0, 0.05) is 12.3 Å². The molecule has 14 heavy (non-hydrogen) atoms. The van der Waals surface area contributed by atoms with Crippen molar-refractivity contribution in [3.05, 3.63) is 0 Å². The van der Waals surface area contributed by atoms with Crippen molar-refractivity contribution in [3.63, 3.8) is 0 Å². The molecule has 3 atom stereocenters. The summed E-state index contributed by atoms with van der Waals surface area (Å²) in [4.78, 5) is 4.74. The lowest BCUT2D eigenvalue weighted by Gasteiger charge is -2.20. The third-order valence-electron chi connectivity index (χ3n) is 4.30. The first-order chi connectivity index (χ1) is 6.66. The monoisotopic (exact) mass is 193 g/mol. The summed E-state index contributed by atoms with van der Waals surface area (Å²) in [5.74, 6) is 3.67. The normalized spacial score (nSPS) is 37.1. The first kappa shape index (κ1) is 10.2. The zero-order chi connectivity index (χ0) is 10.1. The Hall–Kier alpha value is -0.330. The summed E-state index contributed by atoms with van der Waals surface area (Å²) >= 11 is 0. The van der Waals surface area contributed by atoms with Crippen molar-refractivity contribution in [1.29, 1.82) is 0 Å². The molecule has 0 N–H and O–H groups in total. The van der Waals surface area contributed by atoms with Gasteiger partial charge < -0.3 is 0 Å². The van der Waals surface area contributed by atoms with Crippen LogP contribution in [0.5, 0.6) is 0 Å². The quantitative estimate of drug-likeness (QED) is 0.608. The highest BCUT2D eigenvalue weighted by Gasteiger charge is 2.38. The molecule has 1 heteroatoms. The van der Waals surface area contributed by atoms with Gasteiger partial charge in [-0.15, -0.1) is 0 Å². The van der Waals surface area contributed by atoms with Gasteiger partial charge in [0.25, 0.3) is 0 Å². The molecule has 2 saturated carbocycles. The minimum atomic E-state index is 0.633. The summed E-state index contributed by atoms with van der Waals surface area (Å²) in [5.41, 5.74) is 1.34. The summed E-state index contributed by atoms with van der Waals surface area (Å²) in [6, 6.07) is 0. The lowest BCUT2D eigenvalue weighted by molar-refractivity contribution is 0.341. The Morgan fingerprint density at radius 2 is 2.07 bits per heavy atom. The highest BCUT2D eigenvalue weighted by molar-refractivity contribution is 5.83. The van der Waals surface area contributed by atoms with Gasteiger partial charge in [0.05, 0.1) is 0 Å². The summed E-state index contributed by atoms with van der Waals surface area (Å²) in [5, 5.41) is 0. The van der Waals surface area contributed by atoms with Crippen molar-refractivity contribution in [2.75, 3.05) is 6.54 Å². The van der Waals surface area contributed by atoms with Crippen LogP contribution >= 0.6 is 0 Å². The van der Waals surface area contributed by atoms with E-state index in [1.54, 1.807) is 0 Å². The molecular weight excluding hydrogens is 170 g/mol. The molecule has 0 aromatic carbocycles.